The van der Waals surface area contributed by atoms with Gasteiger partial charge in [-0.25, -0.2) is 18.6 Å². The number of amides is 4. The summed E-state index contributed by atoms with van der Waals surface area (Å²) in [6.07, 6.45) is 1.33. The highest BCUT2D eigenvalue weighted by Crippen LogP contribution is 2.29. The molecule has 202 valence electrons. The van der Waals surface area contributed by atoms with E-state index in [-0.39, 0.29) is 18.1 Å². The van der Waals surface area contributed by atoms with Gasteiger partial charge in [-0.1, -0.05) is 35.5 Å². The van der Waals surface area contributed by atoms with E-state index in [1.807, 2.05) is 0 Å². The molecule has 1 saturated heterocycles. The van der Waals surface area contributed by atoms with Gasteiger partial charge < -0.3 is 36.2 Å². The molecule has 2 atom stereocenters. The lowest BCUT2D eigenvalue weighted by molar-refractivity contribution is -0.123. The Morgan fingerprint density at radius 2 is 2.00 bits per heavy atom. The van der Waals surface area contributed by atoms with Crippen molar-refractivity contribution in [2.24, 2.45) is 5.16 Å². The van der Waals surface area contributed by atoms with Crippen LogP contribution in [0.15, 0.2) is 53.8 Å². The SMILES string of the molecule is COC[C@H](c1ccnc(NC(=O)[C@@H](NC(=O)/C(=N/O)C(C)=N)c2ccccc2)c1)N1CC(F)(F)CNC1=O. The monoisotopic (exact) mass is 531 g/mol. The van der Waals surface area contributed by atoms with E-state index in [9.17, 15) is 23.2 Å². The molecule has 0 spiro atoms. The number of aromatic nitrogens is 1. The molecule has 1 aromatic carbocycles. The summed E-state index contributed by atoms with van der Waals surface area (Å²) >= 11 is 0. The third-order valence-electron chi connectivity index (χ3n) is 5.62. The number of carbonyl (C=O) groups excluding carboxylic acids is 3. The fraction of sp³-hybridized carbons (Fsp3) is 0.333. The average molecular weight is 532 g/mol. The number of nitrogens with one attached hydrogen (secondary N) is 4. The van der Waals surface area contributed by atoms with Crippen LogP contribution in [0.5, 0.6) is 0 Å². The molecule has 2 aromatic rings. The van der Waals surface area contributed by atoms with E-state index in [4.69, 9.17) is 15.4 Å². The molecule has 5 N–H and O–H groups in total. The molecule has 38 heavy (non-hydrogen) atoms. The Morgan fingerprint density at radius 1 is 1.29 bits per heavy atom. The number of alkyl halides is 2. The number of halogens is 2. The quantitative estimate of drug-likeness (QED) is 0.179. The summed E-state index contributed by atoms with van der Waals surface area (Å²) in [7, 11) is 1.37. The van der Waals surface area contributed by atoms with Crippen molar-refractivity contribution in [1.82, 2.24) is 20.5 Å². The van der Waals surface area contributed by atoms with Gasteiger partial charge in [0, 0.05) is 13.3 Å². The minimum absolute atomic E-state index is 0.0206. The van der Waals surface area contributed by atoms with Crippen LogP contribution in [0.3, 0.4) is 0 Å². The smallest absolute Gasteiger partial charge is 0.318 e. The van der Waals surface area contributed by atoms with Gasteiger partial charge in [-0.05, 0) is 30.2 Å². The molecule has 14 heteroatoms. The van der Waals surface area contributed by atoms with Crippen LogP contribution in [0.4, 0.5) is 19.4 Å². The van der Waals surface area contributed by atoms with Crippen LogP contribution in [0, 0.1) is 5.41 Å². The van der Waals surface area contributed by atoms with Crippen molar-refractivity contribution in [3.05, 3.63) is 59.8 Å². The Balaban J connectivity index is 1.87. The summed E-state index contributed by atoms with van der Waals surface area (Å²) in [6, 6.07) is 8.24. The second kappa shape index (κ2) is 12.2. The molecule has 1 fully saturated rings. The third kappa shape index (κ3) is 6.85. The van der Waals surface area contributed by atoms with Crippen LogP contribution < -0.4 is 16.0 Å². The summed E-state index contributed by atoms with van der Waals surface area (Å²) in [4.78, 5) is 43.3. The van der Waals surface area contributed by atoms with Crippen molar-refractivity contribution in [3.63, 3.8) is 0 Å². The highest BCUT2D eigenvalue weighted by molar-refractivity contribution is 6.65. The number of pyridine rings is 1. The molecule has 4 amide bonds. The van der Waals surface area contributed by atoms with Gasteiger partial charge in [0.05, 0.1) is 31.4 Å². The Kier molecular flexibility index (Phi) is 9.02. The maximum atomic E-state index is 14.0. The predicted molar refractivity (Wildman–Crippen MR) is 132 cm³/mol. The number of urea groups is 1. The number of anilines is 1. The first kappa shape index (κ1) is 28.1. The number of rotatable bonds is 10. The topological polar surface area (TPSA) is 169 Å². The molecule has 0 radical (unpaired) electrons. The zero-order valence-corrected chi connectivity index (χ0v) is 20.6. The van der Waals surface area contributed by atoms with E-state index >= 15 is 0 Å². The van der Waals surface area contributed by atoms with Gasteiger partial charge in [0.25, 0.3) is 17.7 Å². The number of methoxy groups -OCH3 is 1. The van der Waals surface area contributed by atoms with Crippen LogP contribution in [0.25, 0.3) is 0 Å². The second-order valence-electron chi connectivity index (χ2n) is 8.47. The lowest BCUT2D eigenvalue weighted by Gasteiger charge is -2.38. The highest BCUT2D eigenvalue weighted by Gasteiger charge is 2.42. The molecular weight excluding hydrogens is 504 g/mol. The molecule has 0 unspecified atom stereocenters. The highest BCUT2D eigenvalue weighted by atomic mass is 19.3. The molecule has 1 aromatic heterocycles. The lowest BCUT2D eigenvalue weighted by Crippen LogP contribution is -2.58. The Labute approximate surface area is 216 Å². The minimum atomic E-state index is -3.14. The van der Waals surface area contributed by atoms with Gasteiger partial charge >= 0.3 is 6.03 Å². The van der Waals surface area contributed by atoms with Crippen LogP contribution >= 0.6 is 0 Å². The van der Waals surface area contributed by atoms with Crippen LogP contribution in [0.1, 0.15) is 30.1 Å². The number of carbonyl (C=O) groups is 3. The summed E-state index contributed by atoms with van der Waals surface area (Å²) in [5.74, 6) is -4.80. The first-order chi connectivity index (χ1) is 18.1. The predicted octanol–water partition coefficient (Wildman–Crippen LogP) is 2.10. The minimum Gasteiger partial charge on any atom is -0.410 e. The molecule has 2 heterocycles. The normalized spacial score (nSPS) is 16.7. The van der Waals surface area contributed by atoms with Gasteiger partial charge in [0.2, 0.25) is 0 Å². The molecule has 1 aliphatic rings. The summed E-state index contributed by atoms with van der Waals surface area (Å²) in [5.41, 5.74) is -0.126. The number of nitrogens with zero attached hydrogens (tertiary/aromatic N) is 3. The van der Waals surface area contributed by atoms with E-state index in [1.54, 1.807) is 30.3 Å². The van der Waals surface area contributed by atoms with E-state index < -0.39 is 54.7 Å². The van der Waals surface area contributed by atoms with Crippen molar-refractivity contribution in [1.29, 1.82) is 5.41 Å². The summed E-state index contributed by atoms with van der Waals surface area (Å²) < 4.78 is 33.3. The standard InChI is InChI=1S/C24H27F2N7O5/c1-14(27)19(32-37)21(34)31-20(15-6-4-3-5-7-15)22(35)30-18-10-16(8-9-28-18)17(11-38-2)33-13-24(25,26)12-29-23(33)36/h3-10,17,20,27,37H,11-13H2,1-2H3,(H,29,36)(H,31,34)(H,28,30,35)/b27-14?,32-19+/t17-,20+/m1/s1. The maximum Gasteiger partial charge on any atom is 0.318 e. The summed E-state index contributed by atoms with van der Waals surface area (Å²) in [5, 5.41) is 26.7. The molecule has 0 aliphatic carbocycles. The molecule has 0 bridgehead atoms. The van der Waals surface area contributed by atoms with E-state index in [1.165, 1.54) is 32.4 Å². The zero-order chi connectivity index (χ0) is 27.9. The van der Waals surface area contributed by atoms with Crippen LogP contribution in [-0.2, 0) is 14.3 Å². The molecule has 12 nitrogen and oxygen atoms in total. The van der Waals surface area contributed by atoms with Crippen molar-refractivity contribution in [3.8, 4) is 0 Å². The number of benzene rings is 1. The molecule has 1 aliphatic heterocycles. The van der Waals surface area contributed by atoms with Crippen molar-refractivity contribution in [2.75, 3.05) is 32.1 Å². The van der Waals surface area contributed by atoms with Crippen LogP contribution in [0.2, 0.25) is 0 Å². The molecule has 3 rings (SSSR count). The van der Waals surface area contributed by atoms with Gasteiger partial charge in [-0.15, -0.1) is 0 Å². The van der Waals surface area contributed by atoms with Gasteiger partial charge in [0.1, 0.15) is 11.9 Å². The maximum absolute atomic E-state index is 14.0. The number of hydrogen-bond acceptors (Lipinski definition) is 8. The fourth-order valence-corrected chi connectivity index (χ4v) is 3.82. The largest absolute Gasteiger partial charge is 0.410 e. The molecular formula is C24H27F2N7O5. The number of hydrogen-bond donors (Lipinski definition) is 5. The number of oxime groups is 1. The van der Waals surface area contributed by atoms with E-state index in [2.05, 4.69) is 26.1 Å². The fourth-order valence-electron chi connectivity index (χ4n) is 3.82. The first-order valence-electron chi connectivity index (χ1n) is 11.4. The van der Waals surface area contributed by atoms with Crippen molar-refractivity contribution >= 4 is 35.1 Å². The molecule has 0 saturated carbocycles. The van der Waals surface area contributed by atoms with E-state index in [0.717, 1.165) is 4.90 Å². The number of ether oxygens (including phenoxy) is 1. The second-order valence-corrected chi connectivity index (χ2v) is 8.47. The average Bonchev–Trinajstić information content (AvgIpc) is 2.88. The van der Waals surface area contributed by atoms with Crippen molar-refractivity contribution < 1.29 is 33.1 Å². The first-order valence-corrected chi connectivity index (χ1v) is 11.4. The van der Waals surface area contributed by atoms with E-state index in [0.29, 0.717) is 11.1 Å². The Morgan fingerprint density at radius 3 is 2.63 bits per heavy atom. The van der Waals surface area contributed by atoms with Gasteiger partial charge in [-0.2, -0.15) is 0 Å². The Hall–Kier alpha value is -4.46. The zero-order valence-electron chi connectivity index (χ0n) is 20.6. The van der Waals surface area contributed by atoms with Crippen LogP contribution in [-0.4, -0.2) is 77.1 Å². The third-order valence-corrected chi connectivity index (χ3v) is 5.62. The van der Waals surface area contributed by atoms with Gasteiger partial charge in [0.15, 0.2) is 5.71 Å². The lowest BCUT2D eigenvalue weighted by atomic mass is 10.0. The van der Waals surface area contributed by atoms with Crippen molar-refractivity contribution in [2.45, 2.75) is 24.9 Å². The summed E-state index contributed by atoms with van der Waals surface area (Å²) in [6.45, 7) is -0.445. The Bertz CT molecular complexity index is 1230. The van der Waals surface area contributed by atoms with Gasteiger partial charge in [-0.3, -0.25) is 9.59 Å².